The van der Waals surface area contributed by atoms with Crippen molar-refractivity contribution in [2.75, 3.05) is 5.73 Å². The number of nitrogen functional groups attached to an aromatic ring is 1. The summed E-state index contributed by atoms with van der Waals surface area (Å²) in [5, 5.41) is 1.19. The van der Waals surface area contributed by atoms with Crippen molar-refractivity contribution in [3.05, 3.63) is 23.1 Å². The first-order chi connectivity index (χ1) is 6.22. The Labute approximate surface area is 87.0 Å². The molecule has 0 radical (unpaired) electrons. The van der Waals surface area contributed by atoms with E-state index in [0.717, 1.165) is 17.0 Å². The zero-order valence-corrected chi connectivity index (χ0v) is 9.08. The number of thiol groups is 1. The van der Waals surface area contributed by atoms with Gasteiger partial charge in [-0.05, 0) is 24.6 Å². The van der Waals surface area contributed by atoms with Gasteiger partial charge in [0.2, 0.25) is 0 Å². The molecule has 0 fully saturated rings. The summed E-state index contributed by atoms with van der Waals surface area (Å²) in [7, 11) is 0. The molecule has 0 amide bonds. The highest BCUT2D eigenvalue weighted by Crippen LogP contribution is 2.34. The van der Waals surface area contributed by atoms with Crippen LogP contribution >= 0.6 is 24.0 Å². The number of aryl methyl sites for hydroxylation is 1. The lowest BCUT2D eigenvalue weighted by Gasteiger charge is -1.97. The second kappa shape index (κ2) is 3.24. The molecule has 0 atom stereocenters. The molecule has 0 saturated heterocycles. The molecule has 1 nitrogen and oxygen atoms in total. The highest BCUT2D eigenvalue weighted by Gasteiger charge is 2.05. The predicted molar refractivity (Wildman–Crippen MR) is 62.9 cm³/mol. The van der Waals surface area contributed by atoms with Crippen LogP contribution in [0.15, 0.2) is 23.1 Å². The van der Waals surface area contributed by atoms with Crippen molar-refractivity contribution >= 4 is 39.7 Å². The van der Waals surface area contributed by atoms with Crippen LogP contribution < -0.4 is 5.73 Å². The van der Waals surface area contributed by atoms with Gasteiger partial charge in [0.05, 0.1) is 4.70 Å². The smallest absolute Gasteiger partial charge is 0.0586 e. The van der Waals surface area contributed by atoms with Gasteiger partial charge in [0, 0.05) is 20.8 Å². The molecule has 2 rings (SSSR count). The summed E-state index contributed by atoms with van der Waals surface area (Å²) >= 11 is 6.17. The fourth-order valence-corrected chi connectivity index (χ4v) is 2.73. The third-order valence-electron chi connectivity index (χ3n) is 2.09. The summed E-state index contributed by atoms with van der Waals surface area (Å²) in [6.45, 7) is 2.15. The lowest BCUT2D eigenvalue weighted by molar-refractivity contribution is 1.19. The molecule has 2 aromatic rings. The molecule has 3 heteroatoms. The van der Waals surface area contributed by atoms with Crippen LogP contribution in [-0.2, 0) is 6.42 Å². The summed E-state index contributed by atoms with van der Waals surface area (Å²) < 4.78 is 1.17. The van der Waals surface area contributed by atoms with Gasteiger partial charge in [-0.15, -0.1) is 24.0 Å². The Balaban J connectivity index is 2.80. The monoisotopic (exact) mass is 209 g/mol. The normalized spacial score (nSPS) is 10.9. The van der Waals surface area contributed by atoms with E-state index in [-0.39, 0.29) is 0 Å². The van der Waals surface area contributed by atoms with Crippen molar-refractivity contribution in [2.45, 2.75) is 18.2 Å². The van der Waals surface area contributed by atoms with Crippen molar-refractivity contribution < 1.29 is 0 Å². The van der Waals surface area contributed by atoms with E-state index in [1.165, 1.54) is 15.0 Å². The van der Waals surface area contributed by atoms with E-state index in [0.29, 0.717) is 0 Å². The zero-order valence-electron chi connectivity index (χ0n) is 7.37. The average molecular weight is 209 g/mol. The van der Waals surface area contributed by atoms with E-state index >= 15 is 0 Å². The molecule has 1 aromatic heterocycles. The van der Waals surface area contributed by atoms with Gasteiger partial charge < -0.3 is 5.73 Å². The maximum Gasteiger partial charge on any atom is 0.0586 e. The average Bonchev–Trinajstić information content (AvgIpc) is 2.56. The number of anilines is 1. The Morgan fingerprint density at radius 3 is 2.85 bits per heavy atom. The highest BCUT2D eigenvalue weighted by molar-refractivity contribution is 7.80. The number of rotatable bonds is 1. The molecule has 13 heavy (non-hydrogen) atoms. The Bertz CT molecular complexity index is 406. The van der Waals surface area contributed by atoms with E-state index in [4.69, 9.17) is 5.73 Å². The number of thiophene rings is 1. The second-order valence-electron chi connectivity index (χ2n) is 2.98. The van der Waals surface area contributed by atoms with Gasteiger partial charge in [0.15, 0.2) is 0 Å². The lowest BCUT2D eigenvalue weighted by Crippen LogP contribution is -1.83. The van der Waals surface area contributed by atoms with Crippen molar-refractivity contribution in [1.29, 1.82) is 0 Å². The Morgan fingerprint density at radius 1 is 1.46 bits per heavy atom. The minimum Gasteiger partial charge on any atom is -0.398 e. The Kier molecular flexibility index (Phi) is 2.22. The van der Waals surface area contributed by atoms with E-state index in [1.54, 1.807) is 11.3 Å². The van der Waals surface area contributed by atoms with Gasteiger partial charge in [0.1, 0.15) is 0 Å². The summed E-state index contributed by atoms with van der Waals surface area (Å²) in [6, 6.07) is 6.05. The maximum atomic E-state index is 5.87. The molecular formula is C10H11NS2. The van der Waals surface area contributed by atoms with Gasteiger partial charge in [-0.1, -0.05) is 6.92 Å². The molecule has 1 heterocycles. The van der Waals surface area contributed by atoms with Gasteiger partial charge >= 0.3 is 0 Å². The predicted octanol–water partition coefficient (Wildman–Crippen LogP) is 3.33. The van der Waals surface area contributed by atoms with Crippen LogP contribution in [0.2, 0.25) is 0 Å². The molecular weight excluding hydrogens is 198 g/mol. The number of benzene rings is 1. The van der Waals surface area contributed by atoms with E-state index in [9.17, 15) is 0 Å². The van der Waals surface area contributed by atoms with Crippen LogP contribution in [0.5, 0.6) is 0 Å². The van der Waals surface area contributed by atoms with Gasteiger partial charge in [-0.3, -0.25) is 0 Å². The largest absolute Gasteiger partial charge is 0.398 e. The number of nitrogens with two attached hydrogens (primary N) is 1. The quantitative estimate of drug-likeness (QED) is 0.547. The minimum atomic E-state index is 0.859. The lowest BCUT2D eigenvalue weighted by atomic mass is 10.2. The molecule has 0 aliphatic carbocycles. The third-order valence-corrected chi connectivity index (χ3v) is 3.81. The molecule has 2 N–H and O–H groups in total. The van der Waals surface area contributed by atoms with E-state index < -0.39 is 0 Å². The topological polar surface area (TPSA) is 26.0 Å². The Hall–Kier alpha value is -0.670. The fraction of sp³-hybridized carbons (Fsp3) is 0.200. The molecule has 0 aliphatic rings. The van der Waals surface area contributed by atoms with Gasteiger partial charge in [-0.2, -0.15) is 0 Å². The van der Waals surface area contributed by atoms with Crippen molar-refractivity contribution in [2.24, 2.45) is 0 Å². The minimum absolute atomic E-state index is 0.859. The van der Waals surface area contributed by atoms with Crippen molar-refractivity contribution in [1.82, 2.24) is 0 Å². The summed E-state index contributed by atoms with van der Waals surface area (Å²) in [5.74, 6) is 0. The summed E-state index contributed by atoms with van der Waals surface area (Å²) in [5.41, 5.74) is 6.73. The maximum absolute atomic E-state index is 5.87. The number of hydrogen-bond acceptors (Lipinski definition) is 3. The summed E-state index contributed by atoms with van der Waals surface area (Å²) in [4.78, 5) is 2.38. The SMILES string of the molecule is CCc1cc2c(S)ccc(N)c2s1. The third kappa shape index (κ3) is 1.42. The van der Waals surface area contributed by atoms with Crippen molar-refractivity contribution in [3.63, 3.8) is 0 Å². The second-order valence-corrected chi connectivity index (χ2v) is 4.60. The number of hydrogen-bond donors (Lipinski definition) is 2. The van der Waals surface area contributed by atoms with Crippen LogP contribution in [0.1, 0.15) is 11.8 Å². The zero-order chi connectivity index (χ0) is 9.42. The van der Waals surface area contributed by atoms with E-state index in [2.05, 4.69) is 25.6 Å². The first-order valence-corrected chi connectivity index (χ1v) is 5.48. The summed E-state index contributed by atoms with van der Waals surface area (Å²) in [6.07, 6.45) is 1.06. The fourth-order valence-electron chi connectivity index (χ4n) is 1.36. The molecule has 1 aromatic carbocycles. The van der Waals surface area contributed by atoms with Crippen LogP contribution in [0.4, 0.5) is 5.69 Å². The molecule has 0 unspecified atom stereocenters. The highest BCUT2D eigenvalue weighted by atomic mass is 32.1. The number of fused-ring (bicyclic) bond motifs is 1. The molecule has 0 saturated carbocycles. The standard InChI is InChI=1S/C10H11NS2/c1-2-6-5-7-9(12)4-3-8(11)10(7)13-6/h3-5,12H,2,11H2,1H3. The van der Waals surface area contributed by atoms with Crippen LogP contribution in [0, 0.1) is 0 Å². The van der Waals surface area contributed by atoms with E-state index in [1.807, 2.05) is 12.1 Å². The van der Waals surface area contributed by atoms with Crippen molar-refractivity contribution in [3.8, 4) is 0 Å². The molecule has 0 spiro atoms. The first kappa shape index (κ1) is 8.91. The van der Waals surface area contributed by atoms with Crippen LogP contribution in [0.3, 0.4) is 0 Å². The first-order valence-electron chi connectivity index (χ1n) is 4.22. The van der Waals surface area contributed by atoms with Crippen LogP contribution in [0.25, 0.3) is 10.1 Å². The molecule has 0 bridgehead atoms. The Morgan fingerprint density at radius 2 is 2.23 bits per heavy atom. The van der Waals surface area contributed by atoms with Crippen LogP contribution in [-0.4, -0.2) is 0 Å². The molecule has 0 aliphatic heterocycles. The van der Waals surface area contributed by atoms with Gasteiger partial charge in [0.25, 0.3) is 0 Å². The van der Waals surface area contributed by atoms with Gasteiger partial charge in [-0.25, -0.2) is 0 Å². The molecule has 68 valence electrons.